The zero-order valence-corrected chi connectivity index (χ0v) is 28.7. The molecule has 0 fully saturated rings. The number of rotatable bonds is 9. The first-order valence-electron chi connectivity index (χ1n) is 15.9. The number of benzene rings is 2. The molecule has 0 bridgehead atoms. The molecule has 2 unspecified atom stereocenters. The van der Waals surface area contributed by atoms with E-state index in [1.54, 1.807) is 48.5 Å². The van der Waals surface area contributed by atoms with Gasteiger partial charge in [-0.2, -0.15) is 0 Å². The Kier molecular flexibility index (Phi) is 7.84. The zero-order valence-electron chi connectivity index (χ0n) is 27.0. The quantitative estimate of drug-likeness (QED) is 0.210. The Morgan fingerprint density at radius 1 is 0.462 bits per heavy atom. The van der Waals surface area contributed by atoms with Gasteiger partial charge in [-0.3, -0.25) is 19.9 Å². The van der Waals surface area contributed by atoms with Crippen LogP contribution < -0.4 is 0 Å². The van der Waals surface area contributed by atoms with E-state index >= 15 is 0 Å². The lowest BCUT2D eigenvalue weighted by molar-refractivity contribution is -0.118. The maximum atomic E-state index is 14.8. The summed E-state index contributed by atoms with van der Waals surface area (Å²) in [5.41, 5.74) is -5.99. The normalized spacial score (nSPS) is 14.6. The minimum absolute atomic E-state index is 0.00544. The topological polar surface area (TPSA) is 170 Å². The van der Waals surface area contributed by atoms with Gasteiger partial charge in [0.25, 0.3) is 20.0 Å². The molecule has 0 aliphatic heterocycles. The van der Waals surface area contributed by atoms with Crippen molar-refractivity contribution in [2.75, 3.05) is 0 Å². The highest BCUT2D eigenvalue weighted by Gasteiger charge is 2.59. The van der Waals surface area contributed by atoms with E-state index in [9.17, 15) is 27.0 Å². The van der Waals surface area contributed by atoms with E-state index in [1.165, 1.54) is 110 Å². The summed E-state index contributed by atoms with van der Waals surface area (Å²) in [7, 11) is -9.06. The largest absolute Gasteiger partial charge is 0.375 e. The van der Waals surface area contributed by atoms with Crippen LogP contribution >= 0.6 is 0 Å². The van der Waals surface area contributed by atoms with E-state index in [0.717, 1.165) is 7.94 Å². The standard InChI is InChI=1S/C38H28N6O6S2/c45-37(29-13-19-39-20-14-29,35-23-27-11-17-41-25-33(27)43(35)51(47,48)31-7-3-1-4-8-31)38(46,30-15-21-40-22-16-30)36-24-28-12-18-42-26-34(28)44(36)52(49,50)32-9-5-2-6-10-32/h1-26,45-46H. The minimum atomic E-state index is -4.53. The summed E-state index contributed by atoms with van der Waals surface area (Å²) in [5.74, 6) is 0. The van der Waals surface area contributed by atoms with Crippen LogP contribution in [-0.4, -0.2) is 54.9 Å². The van der Waals surface area contributed by atoms with Crippen molar-refractivity contribution in [2.24, 2.45) is 0 Å². The van der Waals surface area contributed by atoms with Gasteiger partial charge in [-0.1, -0.05) is 36.4 Å². The van der Waals surface area contributed by atoms with Gasteiger partial charge in [-0.25, -0.2) is 24.8 Å². The van der Waals surface area contributed by atoms with Gasteiger partial charge in [-0.05, 0) is 83.9 Å². The van der Waals surface area contributed by atoms with Gasteiger partial charge in [0.2, 0.25) is 0 Å². The predicted molar refractivity (Wildman–Crippen MR) is 192 cm³/mol. The summed E-state index contributed by atoms with van der Waals surface area (Å²) in [6.07, 6.45) is 11.2. The van der Waals surface area contributed by atoms with Crippen LogP contribution in [0.3, 0.4) is 0 Å². The molecule has 14 heteroatoms. The monoisotopic (exact) mass is 728 g/mol. The second-order valence-electron chi connectivity index (χ2n) is 12.0. The first kappa shape index (κ1) is 33.1. The average Bonchev–Trinajstić information content (AvgIpc) is 3.80. The summed E-state index contributed by atoms with van der Waals surface area (Å²) in [4.78, 5) is 16.4. The van der Waals surface area contributed by atoms with Gasteiger partial charge in [0.15, 0.2) is 11.2 Å². The Labute approximate surface area is 298 Å². The maximum Gasteiger partial charge on any atom is 0.268 e. The fraction of sp³-hybridized carbons (Fsp3) is 0.0526. The second-order valence-corrected chi connectivity index (χ2v) is 15.6. The number of nitrogens with zero attached hydrogens (tertiary/aromatic N) is 6. The highest BCUT2D eigenvalue weighted by Crippen LogP contribution is 2.52. The number of pyridine rings is 4. The maximum absolute atomic E-state index is 14.8. The molecule has 0 amide bonds. The minimum Gasteiger partial charge on any atom is -0.375 e. The summed E-state index contributed by atoms with van der Waals surface area (Å²) >= 11 is 0. The van der Waals surface area contributed by atoms with Crippen molar-refractivity contribution in [2.45, 2.75) is 21.0 Å². The molecule has 0 aliphatic carbocycles. The van der Waals surface area contributed by atoms with Gasteiger partial charge in [0.05, 0.1) is 44.6 Å². The first-order chi connectivity index (χ1) is 25.1. The van der Waals surface area contributed by atoms with Crippen molar-refractivity contribution in [3.05, 3.63) is 181 Å². The zero-order chi connectivity index (χ0) is 36.1. The molecule has 258 valence electrons. The molecule has 8 aromatic rings. The molecule has 6 aromatic heterocycles. The lowest BCUT2D eigenvalue weighted by atomic mass is 9.70. The fourth-order valence-electron chi connectivity index (χ4n) is 6.74. The summed E-state index contributed by atoms with van der Waals surface area (Å²) in [5, 5.41) is 28.4. The molecule has 8 rings (SSSR count). The van der Waals surface area contributed by atoms with Crippen molar-refractivity contribution in [1.29, 1.82) is 0 Å². The van der Waals surface area contributed by atoms with Crippen molar-refractivity contribution >= 4 is 41.9 Å². The van der Waals surface area contributed by atoms with Crippen LogP contribution in [0.2, 0.25) is 0 Å². The third-order valence-corrected chi connectivity index (χ3v) is 12.6. The van der Waals surface area contributed by atoms with Crippen LogP contribution in [0.1, 0.15) is 22.5 Å². The van der Waals surface area contributed by atoms with E-state index in [2.05, 4.69) is 19.9 Å². The number of fused-ring (bicyclic) bond motifs is 2. The molecule has 6 heterocycles. The molecule has 2 N–H and O–H groups in total. The van der Waals surface area contributed by atoms with Crippen LogP contribution in [0.4, 0.5) is 0 Å². The van der Waals surface area contributed by atoms with Crippen LogP contribution in [0.15, 0.2) is 169 Å². The molecule has 0 saturated carbocycles. The van der Waals surface area contributed by atoms with Gasteiger partial charge in [0.1, 0.15) is 0 Å². The molecule has 0 saturated heterocycles. The SMILES string of the molecule is O=S(=O)(c1ccccc1)n1c(C(O)(c2ccncc2)C(O)(c2ccncc2)c2cc3ccncc3n2S(=O)(=O)c2ccccc2)cc2ccncc21. The molecule has 0 radical (unpaired) electrons. The number of hydrogen-bond donors (Lipinski definition) is 2. The Balaban J connectivity index is 1.58. The summed E-state index contributed by atoms with van der Waals surface area (Å²) in [6.45, 7) is 0. The molecule has 52 heavy (non-hydrogen) atoms. The Morgan fingerprint density at radius 2 is 0.808 bits per heavy atom. The highest BCUT2D eigenvalue weighted by molar-refractivity contribution is 7.90. The molecule has 0 spiro atoms. The van der Waals surface area contributed by atoms with Gasteiger partial charge >= 0.3 is 0 Å². The lowest BCUT2D eigenvalue weighted by Crippen LogP contribution is -2.53. The van der Waals surface area contributed by atoms with Gasteiger partial charge < -0.3 is 10.2 Å². The van der Waals surface area contributed by atoms with Crippen molar-refractivity contribution in [3.8, 4) is 0 Å². The van der Waals surface area contributed by atoms with E-state index in [-0.39, 0.29) is 43.3 Å². The van der Waals surface area contributed by atoms with E-state index in [4.69, 9.17) is 0 Å². The van der Waals surface area contributed by atoms with E-state index in [0.29, 0.717) is 10.8 Å². The number of hydrogen-bond acceptors (Lipinski definition) is 10. The molecular formula is C38H28N6O6S2. The fourth-order valence-corrected chi connectivity index (χ4v) is 9.87. The summed E-state index contributed by atoms with van der Waals surface area (Å²) < 4.78 is 61.0. The Hall–Kier alpha value is -6.06. The number of aromatic nitrogens is 6. The second kappa shape index (κ2) is 12.3. The molecular weight excluding hydrogens is 701 g/mol. The summed E-state index contributed by atoms with van der Waals surface area (Å²) in [6, 6.07) is 27.1. The van der Waals surface area contributed by atoms with E-state index < -0.39 is 31.2 Å². The molecule has 12 nitrogen and oxygen atoms in total. The molecule has 0 aliphatic rings. The van der Waals surface area contributed by atoms with Crippen LogP contribution in [0.25, 0.3) is 21.8 Å². The van der Waals surface area contributed by atoms with Crippen LogP contribution in [-0.2, 0) is 31.2 Å². The van der Waals surface area contributed by atoms with Crippen molar-refractivity contribution in [3.63, 3.8) is 0 Å². The molecule has 2 atom stereocenters. The van der Waals surface area contributed by atoms with Crippen molar-refractivity contribution < 1.29 is 27.0 Å². The van der Waals surface area contributed by atoms with Crippen molar-refractivity contribution in [1.82, 2.24) is 27.9 Å². The Bertz CT molecular complexity index is 2600. The average molecular weight is 729 g/mol. The molecule has 2 aromatic carbocycles. The number of aliphatic hydroxyl groups is 2. The lowest BCUT2D eigenvalue weighted by Gasteiger charge is -2.44. The first-order valence-corrected chi connectivity index (χ1v) is 18.8. The smallest absolute Gasteiger partial charge is 0.268 e. The third-order valence-electron chi connectivity index (χ3n) is 9.15. The van der Waals surface area contributed by atoms with Gasteiger partial charge in [0, 0.05) is 48.0 Å². The predicted octanol–water partition coefficient (Wildman–Crippen LogP) is 4.82. The van der Waals surface area contributed by atoms with Crippen LogP contribution in [0, 0.1) is 0 Å². The van der Waals surface area contributed by atoms with Crippen LogP contribution in [0.5, 0.6) is 0 Å². The highest BCUT2D eigenvalue weighted by atomic mass is 32.2. The Morgan fingerprint density at radius 3 is 1.17 bits per heavy atom. The van der Waals surface area contributed by atoms with Gasteiger partial charge in [-0.15, -0.1) is 0 Å². The van der Waals surface area contributed by atoms with E-state index in [1.807, 2.05) is 0 Å². The third kappa shape index (κ3) is 4.87.